The fourth-order valence-corrected chi connectivity index (χ4v) is 2.75. The van der Waals surface area contributed by atoms with Gasteiger partial charge in [-0.15, -0.1) is 0 Å². The molecule has 3 nitrogen and oxygen atoms in total. The van der Waals surface area contributed by atoms with Gasteiger partial charge in [-0.3, -0.25) is 4.79 Å². The average Bonchev–Trinajstić information content (AvgIpc) is 2.44. The Labute approximate surface area is 123 Å². The number of hydrogen-bond donors (Lipinski definition) is 0. The van der Waals surface area contributed by atoms with Crippen LogP contribution in [0.1, 0.15) is 36.5 Å². The number of ether oxygens (including phenoxy) is 1. The van der Waals surface area contributed by atoms with Crippen molar-refractivity contribution in [1.29, 1.82) is 0 Å². The molecule has 1 amide bonds. The van der Waals surface area contributed by atoms with Gasteiger partial charge in [0.05, 0.1) is 6.10 Å². The van der Waals surface area contributed by atoms with E-state index in [-0.39, 0.29) is 12.0 Å². The molecular weight excluding hydrogens is 306 g/mol. The van der Waals surface area contributed by atoms with E-state index in [9.17, 15) is 4.79 Å². The monoisotopic (exact) mass is 325 g/mol. The Morgan fingerprint density at radius 3 is 3.11 bits per heavy atom. The lowest BCUT2D eigenvalue weighted by molar-refractivity contribution is 0.00211. The molecule has 0 radical (unpaired) electrons. The summed E-state index contributed by atoms with van der Waals surface area (Å²) in [5.41, 5.74) is 0.741. The zero-order chi connectivity index (χ0) is 13.7. The Bertz CT molecular complexity index is 436. The molecule has 1 atom stereocenters. The summed E-state index contributed by atoms with van der Waals surface area (Å²) in [6.07, 6.45) is 3.30. The molecule has 1 aromatic rings. The fourth-order valence-electron chi connectivity index (χ4n) is 2.35. The minimum absolute atomic E-state index is 0.103. The molecule has 1 saturated heterocycles. The molecule has 0 unspecified atom stereocenters. The van der Waals surface area contributed by atoms with E-state index in [1.807, 2.05) is 29.2 Å². The molecule has 19 heavy (non-hydrogen) atoms. The summed E-state index contributed by atoms with van der Waals surface area (Å²) in [5.74, 6) is 0.103. The van der Waals surface area contributed by atoms with Crippen LogP contribution in [-0.2, 0) is 4.74 Å². The Morgan fingerprint density at radius 2 is 2.37 bits per heavy atom. The van der Waals surface area contributed by atoms with Crippen molar-refractivity contribution in [2.75, 3.05) is 19.7 Å². The zero-order valence-corrected chi connectivity index (χ0v) is 12.9. The van der Waals surface area contributed by atoms with Crippen molar-refractivity contribution in [2.24, 2.45) is 0 Å². The Hall–Kier alpha value is -0.870. The number of halogens is 1. The number of piperidine rings is 1. The summed E-state index contributed by atoms with van der Waals surface area (Å²) in [4.78, 5) is 14.3. The van der Waals surface area contributed by atoms with Gasteiger partial charge in [-0.2, -0.15) is 0 Å². The first kappa shape index (κ1) is 14.5. The smallest absolute Gasteiger partial charge is 0.253 e. The van der Waals surface area contributed by atoms with Crippen molar-refractivity contribution in [1.82, 2.24) is 4.90 Å². The number of likely N-dealkylation sites (tertiary alicyclic amines) is 1. The summed E-state index contributed by atoms with van der Waals surface area (Å²) in [7, 11) is 0. The second-order valence-corrected chi connectivity index (χ2v) is 5.81. The molecule has 104 valence electrons. The normalized spacial score (nSPS) is 19.5. The molecule has 0 saturated carbocycles. The third-order valence-corrected chi connectivity index (χ3v) is 3.79. The predicted octanol–water partition coefficient (Wildman–Crippen LogP) is 3.48. The van der Waals surface area contributed by atoms with Crippen LogP contribution in [-0.4, -0.2) is 36.6 Å². The largest absolute Gasteiger partial charge is 0.376 e. The lowest BCUT2D eigenvalue weighted by Gasteiger charge is -2.32. The molecule has 2 rings (SSSR count). The molecule has 0 bridgehead atoms. The molecule has 0 spiro atoms. The Balaban J connectivity index is 1.99. The van der Waals surface area contributed by atoms with Crippen molar-refractivity contribution >= 4 is 21.8 Å². The Morgan fingerprint density at radius 1 is 1.53 bits per heavy atom. The molecule has 1 fully saturated rings. The number of rotatable bonds is 4. The van der Waals surface area contributed by atoms with Gasteiger partial charge in [0.1, 0.15) is 0 Å². The van der Waals surface area contributed by atoms with Crippen LogP contribution in [0.4, 0.5) is 0 Å². The third kappa shape index (κ3) is 4.05. The highest BCUT2D eigenvalue weighted by Gasteiger charge is 2.24. The maximum absolute atomic E-state index is 12.4. The number of carbonyl (C=O) groups is 1. The first-order valence-corrected chi connectivity index (χ1v) is 7.66. The van der Waals surface area contributed by atoms with E-state index in [2.05, 4.69) is 22.9 Å². The molecule has 1 aromatic carbocycles. The van der Waals surface area contributed by atoms with Crippen molar-refractivity contribution < 1.29 is 9.53 Å². The van der Waals surface area contributed by atoms with E-state index >= 15 is 0 Å². The van der Waals surface area contributed by atoms with Crippen LogP contribution < -0.4 is 0 Å². The summed E-state index contributed by atoms with van der Waals surface area (Å²) < 4.78 is 6.71. The maximum Gasteiger partial charge on any atom is 0.253 e. The van der Waals surface area contributed by atoms with E-state index < -0.39 is 0 Å². The van der Waals surface area contributed by atoms with Crippen molar-refractivity contribution in [3.8, 4) is 0 Å². The van der Waals surface area contributed by atoms with Crippen LogP contribution in [0.3, 0.4) is 0 Å². The van der Waals surface area contributed by atoms with Crippen LogP contribution in [0, 0.1) is 0 Å². The number of nitrogens with zero attached hydrogens (tertiary/aromatic N) is 1. The standard InChI is InChI=1S/C15H20BrNO2/c1-2-9-19-14-7-4-8-17(11-14)15(18)12-5-3-6-13(16)10-12/h3,5-6,10,14H,2,4,7-9,11H2,1H3/t14-/m1/s1. The summed E-state index contributed by atoms with van der Waals surface area (Å²) in [6, 6.07) is 7.56. The molecule has 0 aliphatic carbocycles. The summed E-state index contributed by atoms with van der Waals surface area (Å²) in [5, 5.41) is 0. The van der Waals surface area contributed by atoms with Gasteiger partial charge in [0.25, 0.3) is 5.91 Å². The highest BCUT2D eigenvalue weighted by Crippen LogP contribution is 2.18. The van der Waals surface area contributed by atoms with Gasteiger partial charge in [-0.25, -0.2) is 0 Å². The second kappa shape index (κ2) is 7.06. The highest BCUT2D eigenvalue weighted by molar-refractivity contribution is 9.10. The molecule has 0 aromatic heterocycles. The lowest BCUT2D eigenvalue weighted by Crippen LogP contribution is -2.43. The van der Waals surface area contributed by atoms with Crippen LogP contribution in [0.15, 0.2) is 28.7 Å². The van der Waals surface area contributed by atoms with Gasteiger partial charge >= 0.3 is 0 Å². The van der Waals surface area contributed by atoms with Crippen LogP contribution >= 0.6 is 15.9 Å². The van der Waals surface area contributed by atoms with Crippen molar-refractivity contribution in [3.63, 3.8) is 0 Å². The zero-order valence-electron chi connectivity index (χ0n) is 11.3. The van der Waals surface area contributed by atoms with Gasteiger partial charge < -0.3 is 9.64 Å². The van der Waals surface area contributed by atoms with Gasteiger partial charge in [0.2, 0.25) is 0 Å². The molecule has 1 heterocycles. The fraction of sp³-hybridized carbons (Fsp3) is 0.533. The van der Waals surface area contributed by atoms with Gasteiger partial charge in [-0.05, 0) is 37.5 Å². The first-order chi connectivity index (χ1) is 9.20. The minimum atomic E-state index is 0.103. The van der Waals surface area contributed by atoms with Crippen LogP contribution in [0.5, 0.6) is 0 Å². The van der Waals surface area contributed by atoms with Crippen LogP contribution in [0.2, 0.25) is 0 Å². The van der Waals surface area contributed by atoms with Crippen molar-refractivity contribution in [2.45, 2.75) is 32.3 Å². The SMILES string of the molecule is CCCO[C@@H]1CCCN(C(=O)c2cccc(Br)c2)C1. The predicted molar refractivity (Wildman–Crippen MR) is 79.3 cm³/mol. The summed E-state index contributed by atoms with van der Waals surface area (Å²) in [6.45, 7) is 4.43. The summed E-state index contributed by atoms with van der Waals surface area (Å²) >= 11 is 3.41. The van der Waals surface area contributed by atoms with E-state index in [0.717, 1.165) is 42.5 Å². The van der Waals surface area contributed by atoms with Crippen molar-refractivity contribution in [3.05, 3.63) is 34.3 Å². The third-order valence-electron chi connectivity index (χ3n) is 3.29. The number of benzene rings is 1. The number of hydrogen-bond acceptors (Lipinski definition) is 2. The lowest BCUT2D eigenvalue weighted by atomic mass is 10.1. The van der Waals surface area contributed by atoms with Gasteiger partial charge in [0.15, 0.2) is 0 Å². The molecule has 1 aliphatic heterocycles. The molecule has 4 heteroatoms. The molecule has 0 N–H and O–H groups in total. The molecular formula is C15H20BrNO2. The minimum Gasteiger partial charge on any atom is -0.376 e. The second-order valence-electron chi connectivity index (χ2n) is 4.90. The van der Waals surface area contributed by atoms with Gasteiger partial charge in [-0.1, -0.05) is 28.9 Å². The Kier molecular flexibility index (Phi) is 5.40. The van der Waals surface area contributed by atoms with E-state index in [1.54, 1.807) is 0 Å². The topological polar surface area (TPSA) is 29.5 Å². The maximum atomic E-state index is 12.4. The number of amides is 1. The van der Waals surface area contributed by atoms with Gasteiger partial charge in [0, 0.05) is 29.7 Å². The van der Waals surface area contributed by atoms with Crippen LogP contribution in [0.25, 0.3) is 0 Å². The highest BCUT2D eigenvalue weighted by atomic mass is 79.9. The van der Waals surface area contributed by atoms with E-state index in [1.165, 1.54) is 0 Å². The average molecular weight is 326 g/mol. The first-order valence-electron chi connectivity index (χ1n) is 6.87. The van der Waals surface area contributed by atoms with E-state index in [0.29, 0.717) is 6.54 Å². The molecule has 1 aliphatic rings. The number of carbonyl (C=O) groups excluding carboxylic acids is 1. The quantitative estimate of drug-likeness (QED) is 0.848. The van der Waals surface area contributed by atoms with E-state index in [4.69, 9.17) is 4.74 Å².